The van der Waals surface area contributed by atoms with Crippen LogP contribution in [-0.2, 0) is 11.3 Å². The summed E-state index contributed by atoms with van der Waals surface area (Å²) in [5.74, 6) is 1.93. The molecular formula is C13H23N3O. The molecule has 1 saturated carbocycles. The molecule has 0 saturated heterocycles. The van der Waals surface area contributed by atoms with E-state index in [1.54, 1.807) is 7.11 Å². The first-order valence-corrected chi connectivity index (χ1v) is 6.56. The molecule has 0 aliphatic heterocycles. The minimum atomic E-state index is 0.717. The van der Waals surface area contributed by atoms with Crippen molar-refractivity contribution < 1.29 is 4.74 Å². The Balaban J connectivity index is 1.85. The maximum atomic E-state index is 5.04. The van der Waals surface area contributed by atoms with E-state index in [0.29, 0.717) is 6.61 Å². The third-order valence-electron chi connectivity index (χ3n) is 3.49. The van der Waals surface area contributed by atoms with Crippen LogP contribution in [0, 0.1) is 12.8 Å². The Kier molecular flexibility index (Phi) is 4.42. The van der Waals surface area contributed by atoms with Gasteiger partial charge in [-0.25, -0.2) is 4.98 Å². The van der Waals surface area contributed by atoms with Gasteiger partial charge in [0, 0.05) is 26.4 Å². The van der Waals surface area contributed by atoms with E-state index < -0.39 is 0 Å². The lowest BCUT2D eigenvalue weighted by molar-refractivity contribution is 0.210. The summed E-state index contributed by atoms with van der Waals surface area (Å²) >= 11 is 0. The van der Waals surface area contributed by atoms with Crippen molar-refractivity contribution in [3.05, 3.63) is 11.9 Å². The smallest absolute Gasteiger partial charge is 0.203 e. The topological polar surface area (TPSA) is 39.1 Å². The van der Waals surface area contributed by atoms with Gasteiger partial charge in [0.15, 0.2) is 0 Å². The van der Waals surface area contributed by atoms with Gasteiger partial charge in [-0.2, -0.15) is 0 Å². The molecule has 0 radical (unpaired) electrons. The molecule has 1 N–H and O–H groups in total. The van der Waals surface area contributed by atoms with Crippen LogP contribution in [0.2, 0.25) is 0 Å². The summed E-state index contributed by atoms with van der Waals surface area (Å²) in [5, 5.41) is 3.32. The van der Waals surface area contributed by atoms with E-state index in [2.05, 4.69) is 21.1 Å². The van der Waals surface area contributed by atoms with Crippen molar-refractivity contribution in [3.8, 4) is 0 Å². The van der Waals surface area contributed by atoms with Crippen LogP contribution < -0.4 is 5.32 Å². The maximum Gasteiger partial charge on any atom is 0.203 e. The van der Waals surface area contributed by atoms with Crippen molar-refractivity contribution >= 4 is 5.95 Å². The molecule has 0 amide bonds. The van der Waals surface area contributed by atoms with E-state index in [1.807, 2.05) is 6.92 Å². The highest BCUT2D eigenvalue weighted by Crippen LogP contribution is 2.30. The molecule has 0 aromatic carbocycles. The number of methoxy groups -OCH3 is 1. The highest BCUT2D eigenvalue weighted by atomic mass is 16.5. The minimum Gasteiger partial charge on any atom is -0.383 e. The van der Waals surface area contributed by atoms with E-state index in [1.165, 1.54) is 25.7 Å². The molecule has 1 aliphatic carbocycles. The first-order valence-electron chi connectivity index (χ1n) is 6.56. The van der Waals surface area contributed by atoms with Crippen molar-refractivity contribution in [1.29, 1.82) is 0 Å². The molecule has 0 unspecified atom stereocenters. The molecule has 17 heavy (non-hydrogen) atoms. The minimum absolute atomic E-state index is 0.717. The first-order chi connectivity index (χ1) is 8.29. The molecule has 1 fully saturated rings. The number of imidazole rings is 1. The zero-order valence-electron chi connectivity index (χ0n) is 10.9. The summed E-state index contributed by atoms with van der Waals surface area (Å²) in [6.45, 7) is 4.66. The fraction of sp³-hybridized carbons (Fsp3) is 0.769. The Morgan fingerprint density at radius 1 is 1.53 bits per heavy atom. The number of aryl methyl sites for hydroxylation is 2. The zero-order valence-corrected chi connectivity index (χ0v) is 10.9. The molecule has 0 atom stereocenters. The van der Waals surface area contributed by atoms with Gasteiger partial charge in [0.05, 0.1) is 12.3 Å². The van der Waals surface area contributed by atoms with E-state index in [-0.39, 0.29) is 0 Å². The molecule has 1 aromatic rings. The molecule has 2 rings (SSSR count). The highest BCUT2D eigenvalue weighted by molar-refractivity contribution is 5.28. The molecule has 0 bridgehead atoms. The SMILES string of the molecule is COCCNc1nc(C)cn1CCC1CCC1. The number of hydrogen-bond acceptors (Lipinski definition) is 3. The monoisotopic (exact) mass is 237 g/mol. The quantitative estimate of drug-likeness (QED) is 0.740. The van der Waals surface area contributed by atoms with E-state index >= 15 is 0 Å². The molecule has 0 spiro atoms. The maximum absolute atomic E-state index is 5.04. The van der Waals surface area contributed by atoms with Gasteiger partial charge in [0.2, 0.25) is 5.95 Å². The zero-order chi connectivity index (χ0) is 12.1. The highest BCUT2D eigenvalue weighted by Gasteiger charge is 2.17. The normalized spacial score (nSPS) is 15.9. The predicted octanol–water partition coefficient (Wildman–Crippen LogP) is 2.44. The lowest BCUT2D eigenvalue weighted by Gasteiger charge is -2.25. The van der Waals surface area contributed by atoms with E-state index in [0.717, 1.165) is 30.6 Å². The number of anilines is 1. The second-order valence-electron chi connectivity index (χ2n) is 4.90. The van der Waals surface area contributed by atoms with E-state index in [4.69, 9.17) is 4.74 Å². The summed E-state index contributed by atoms with van der Waals surface area (Å²) in [7, 11) is 1.72. The Bertz CT molecular complexity index is 344. The molecule has 4 nitrogen and oxygen atoms in total. The van der Waals surface area contributed by atoms with Crippen LogP contribution in [0.3, 0.4) is 0 Å². The molecule has 1 heterocycles. The summed E-state index contributed by atoms with van der Waals surface area (Å²) in [6, 6.07) is 0. The molecular weight excluding hydrogens is 214 g/mol. The second-order valence-corrected chi connectivity index (χ2v) is 4.90. The number of nitrogens with one attached hydrogen (secondary N) is 1. The van der Waals surface area contributed by atoms with Gasteiger partial charge in [0.25, 0.3) is 0 Å². The van der Waals surface area contributed by atoms with Crippen LogP contribution in [0.25, 0.3) is 0 Å². The van der Waals surface area contributed by atoms with Gasteiger partial charge >= 0.3 is 0 Å². The molecule has 1 aliphatic rings. The molecule has 96 valence electrons. The standard InChI is InChI=1S/C13H23N3O/c1-11-10-16(8-6-12-4-3-5-12)13(15-11)14-7-9-17-2/h10,12H,3-9H2,1-2H3,(H,14,15). The summed E-state index contributed by atoms with van der Waals surface area (Å²) in [4.78, 5) is 4.50. The van der Waals surface area contributed by atoms with Crippen LogP contribution in [0.4, 0.5) is 5.95 Å². The first kappa shape index (κ1) is 12.4. The van der Waals surface area contributed by atoms with Gasteiger partial charge in [-0.05, 0) is 19.3 Å². The Labute approximate surface area is 103 Å². The number of rotatable bonds is 7. The Morgan fingerprint density at radius 3 is 3.00 bits per heavy atom. The van der Waals surface area contributed by atoms with Crippen molar-refractivity contribution in [3.63, 3.8) is 0 Å². The number of aromatic nitrogens is 2. The predicted molar refractivity (Wildman–Crippen MR) is 69.3 cm³/mol. The van der Waals surface area contributed by atoms with Crippen LogP contribution >= 0.6 is 0 Å². The Hall–Kier alpha value is -1.03. The third-order valence-corrected chi connectivity index (χ3v) is 3.49. The third kappa shape index (κ3) is 3.46. The average Bonchev–Trinajstić information content (AvgIpc) is 2.57. The lowest BCUT2D eigenvalue weighted by Crippen LogP contribution is -2.16. The van der Waals surface area contributed by atoms with E-state index in [9.17, 15) is 0 Å². The van der Waals surface area contributed by atoms with Crippen molar-refractivity contribution in [2.75, 3.05) is 25.6 Å². The fourth-order valence-corrected chi connectivity index (χ4v) is 2.23. The van der Waals surface area contributed by atoms with Gasteiger partial charge in [-0.15, -0.1) is 0 Å². The largest absolute Gasteiger partial charge is 0.383 e. The van der Waals surface area contributed by atoms with Crippen molar-refractivity contribution in [2.45, 2.75) is 39.2 Å². The Morgan fingerprint density at radius 2 is 2.35 bits per heavy atom. The summed E-state index contributed by atoms with van der Waals surface area (Å²) in [6.07, 6.45) is 7.68. The fourth-order valence-electron chi connectivity index (χ4n) is 2.23. The van der Waals surface area contributed by atoms with Crippen LogP contribution in [0.15, 0.2) is 6.20 Å². The number of nitrogens with zero attached hydrogens (tertiary/aromatic N) is 2. The van der Waals surface area contributed by atoms with Crippen molar-refractivity contribution in [2.24, 2.45) is 5.92 Å². The van der Waals surface area contributed by atoms with Gasteiger partial charge in [0.1, 0.15) is 0 Å². The second kappa shape index (κ2) is 6.05. The van der Waals surface area contributed by atoms with Gasteiger partial charge in [-0.1, -0.05) is 19.3 Å². The summed E-state index contributed by atoms with van der Waals surface area (Å²) < 4.78 is 7.27. The number of ether oxygens (including phenoxy) is 1. The van der Waals surface area contributed by atoms with Gasteiger partial charge in [-0.3, -0.25) is 0 Å². The summed E-state index contributed by atoms with van der Waals surface area (Å²) in [5.41, 5.74) is 1.08. The average molecular weight is 237 g/mol. The van der Waals surface area contributed by atoms with Crippen molar-refractivity contribution in [1.82, 2.24) is 9.55 Å². The lowest BCUT2D eigenvalue weighted by atomic mass is 9.83. The molecule has 1 aromatic heterocycles. The van der Waals surface area contributed by atoms with Crippen LogP contribution in [0.1, 0.15) is 31.4 Å². The van der Waals surface area contributed by atoms with Crippen LogP contribution in [-0.4, -0.2) is 29.8 Å². The van der Waals surface area contributed by atoms with Crippen LogP contribution in [0.5, 0.6) is 0 Å². The molecule has 4 heteroatoms. The van der Waals surface area contributed by atoms with Gasteiger partial charge < -0.3 is 14.6 Å². The number of hydrogen-bond donors (Lipinski definition) is 1.